The Morgan fingerprint density at radius 2 is 1.75 bits per heavy atom. The predicted molar refractivity (Wildman–Crippen MR) is 97.5 cm³/mol. The van der Waals surface area contributed by atoms with Crippen LogP contribution in [0.4, 0.5) is 5.69 Å². The number of amides is 1. The third-order valence-electron chi connectivity index (χ3n) is 6.63. The van der Waals surface area contributed by atoms with Crippen LogP contribution in [0.15, 0.2) is 28.7 Å². The first-order chi connectivity index (χ1) is 11.6. The van der Waals surface area contributed by atoms with Gasteiger partial charge < -0.3 is 5.32 Å². The summed E-state index contributed by atoms with van der Waals surface area (Å²) in [4.78, 5) is 25.8. The van der Waals surface area contributed by atoms with Crippen molar-refractivity contribution in [1.82, 2.24) is 0 Å². The van der Waals surface area contributed by atoms with Crippen molar-refractivity contribution in [3.63, 3.8) is 0 Å². The number of halogens is 1. The molecule has 3 nitrogen and oxygen atoms in total. The summed E-state index contributed by atoms with van der Waals surface area (Å²) in [6, 6.07) is 7.67. The van der Waals surface area contributed by atoms with Crippen LogP contribution in [0.3, 0.4) is 0 Å². The number of Topliss-reactive ketones (excluding diaryl/α,β-unsaturated/α-hetero) is 1. The van der Waals surface area contributed by atoms with Crippen molar-refractivity contribution in [3.8, 4) is 0 Å². The summed E-state index contributed by atoms with van der Waals surface area (Å²) in [6.07, 6.45) is 6.21. The summed E-state index contributed by atoms with van der Waals surface area (Å²) in [5.41, 5.74) is 1.15. The predicted octanol–water partition coefficient (Wildman–Crippen LogP) is 4.81. The molecule has 1 amide bonds. The highest BCUT2D eigenvalue weighted by Crippen LogP contribution is 2.74. The summed E-state index contributed by atoms with van der Waals surface area (Å²) in [7, 11) is 0. The summed E-state index contributed by atoms with van der Waals surface area (Å²) < 4.78 is 0.994. The lowest BCUT2D eigenvalue weighted by atomic mass is 9.75. The molecule has 24 heavy (non-hydrogen) atoms. The Kier molecular flexibility index (Phi) is 4.06. The van der Waals surface area contributed by atoms with E-state index in [1.165, 1.54) is 12.8 Å². The molecule has 0 aliphatic heterocycles. The highest BCUT2D eigenvalue weighted by atomic mass is 79.9. The molecule has 4 unspecified atom stereocenters. The van der Waals surface area contributed by atoms with E-state index in [1.807, 2.05) is 24.3 Å². The van der Waals surface area contributed by atoms with Crippen molar-refractivity contribution < 1.29 is 9.59 Å². The molecular weight excluding hydrogens is 366 g/mol. The molecule has 4 rings (SSSR count). The Balaban J connectivity index is 1.58. The maximum atomic E-state index is 13.0. The fourth-order valence-electron chi connectivity index (χ4n) is 5.61. The number of rotatable bonds is 5. The molecule has 4 atom stereocenters. The van der Waals surface area contributed by atoms with E-state index in [-0.39, 0.29) is 17.7 Å². The van der Waals surface area contributed by atoms with E-state index in [0.717, 1.165) is 29.4 Å². The number of hydrogen-bond donors (Lipinski definition) is 1. The maximum Gasteiger partial charge on any atom is 0.228 e. The van der Waals surface area contributed by atoms with E-state index >= 15 is 0 Å². The van der Waals surface area contributed by atoms with E-state index in [1.54, 1.807) is 0 Å². The lowest BCUT2D eigenvalue weighted by Gasteiger charge is -2.29. The zero-order valence-corrected chi connectivity index (χ0v) is 15.6. The van der Waals surface area contributed by atoms with Crippen LogP contribution in [0.5, 0.6) is 0 Å². The third-order valence-corrected chi connectivity index (χ3v) is 7.16. The van der Waals surface area contributed by atoms with Gasteiger partial charge in [0.25, 0.3) is 0 Å². The number of anilines is 1. The number of carbonyl (C=O) groups is 2. The lowest BCUT2D eigenvalue weighted by molar-refractivity contribution is -0.133. The minimum Gasteiger partial charge on any atom is -0.326 e. The quantitative estimate of drug-likeness (QED) is 0.784. The molecule has 0 heterocycles. The molecule has 4 heteroatoms. The molecule has 1 aromatic carbocycles. The molecule has 2 bridgehead atoms. The Labute approximate surface area is 151 Å². The molecule has 1 spiro atoms. The summed E-state index contributed by atoms with van der Waals surface area (Å²) in [5.74, 6) is 1.11. The smallest absolute Gasteiger partial charge is 0.228 e. The normalized spacial score (nSPS) is 32.1. The first kappa shape index (κ1) is 16.3. The fourth-order valence-corrected chi connectivity index (χ4v) is 5.88. The first-order valence-electron chi connectivity index (χ1n) is 9.16. The van der Waals surface area contributed by atoms with Gasteiger partial charge in [-0.3, -0.25) is 9.59 Å². The maximum absolute atomic E-state index is 13.0. The average Bonchev–Trinajstić information content (AvgIpc) is 3.23. The number of ketones is 1. The Hall–Kier alpha value is -1.16. The molecule has 128 valence electrons. The highest BCUT2D eigenvalue weighted by molar-refractivity contribution is 9.10. The van der Waals surface area contributed by atoms with E-state index in [4.69, 9.17) is 0 Å². The van der Waals surface area contributed by atoms with Crippen molar-refractivity contribution in [2.45, 2.75) is 45.4 Å². The van der Waals surface area contributed by atoms with Gasteiger partial charge in [0.15, 0.2) is 0 Å². The SMILES string of the molecule is CCCC(=O)C1C(C(=O)Nc2ccc(Br)cc2)C2CCC1C21CC1. The van der Waals surface area contributed by atoms with Crippen LogP contribution in [0, 0.1) is 29.1 Å². The topological polar surface area (TPSA) is 46.2 Å². The second-order valence-electron chi connectivity index (χ2n) is 7.79. The largest absolute Gasteiger partial charge is 0.326 e. The molecule has 0 aromatic heterocycles. The van der Waals surface area contributed by atoms with Gasteiger partial charge in [-0.2, -0.15) is 0 Å². The van der Waals surface area contributed by atoms with Crippen LogP contribution in [0.1, 0.15) is 45.4 Å². The molecule has 1 aromatic rings. The van der Waals surface area contributed by atoms with Crippen molar-refractivity contribution >= 4 is 33.3 Å². The Bertz CT molecular complexity index is 665. The third kappa shape index (κ3) is 2.45. The number of nitrogens with one attached hydrogen (secondary N) is 1. The molecule has 0 saturated heterocycles. The van der Waals surface area contributed by atoms with Gasteiger partial charge in [-0.25, -0.2) is 0 Å². The van der Waals surface area contributed by atoms with Crippen molar-refractivity contribution in [3.05, 3.63) is 28.7 Å². The number of carbonyl (C=O) groups excluding carboxylic acids is 2. The molecule has 0 radical (unpaired) electrons. The molecule has 3 aliphatic rings. The van der Waals surface area contributed by atoms with Gasteiger partial charge in [-0.15, -0.1) is 0 Å². The first-order valence-corrected chi connectivity index (χ1v) is 9.95. The summed E-state index contributed by atoms with van der Waals surface area (Å²) in [5, 5.41) is 3.08. The van der Waals surface area contributed by atoms with Crippen molar-refractivity contribution in [2.75, 3.05) is 5.32 Å². The molecule has 3 saturated carbocycles. The van der Waals surface area contributed by atoms with Gasteiger partial charge in [0.1, 0.15) is 5.78 Å². The van der Waals surface area contributed by atoms with Gasteiger partial charge in [0.2, 0.25) is 5.91 Å². The van der Waals surface area contributed by atoms with E-state index in [9.17, 15) is 9.59 Å². The average molecular weight is 390 g/mol. The van der Waals surface area contributed by atoms with E-state index in [2.05, 4.69) is 28.2 Å². The van der Waals surface area contributed by atoms with Gasteiger partial charge in [-0.05, 0) is 73.6 Å². The van der Waals surface area contributed by atoms with Gasteiger partial charge in [0.05, 0.1) is 5.92 Å². The molecule has 1 N–H and O–H groups in total. The molecule has 3 fully saturated rings. The minimum absolute atomic E-state index is 0.0401. The molecule has 3 aliphatic carbocycles. The number of hydrogen-bond acceptors (Lipinski definition) is 2. The highest BCUT2D eigenvalue weighted by Gasteiger charge is 2.71. The Morgan fingerprint density at radius 1 is 1.12 bits per heavy atom. The van der Waals surface area contributed by atoms with Crippen LogP contribution in [0.25, 0.3) is 0 Å². The van der Waals surface area contributed by atoms with Crippen LogP contribution in [-0.2, 0) is 9.59 Å². The van der Waals surface area contributed by atoms with Gasteiger partial charge >= 0.3 is 0 Å². The van der Waals surface area contributed by atoms with E-state index < -0.39 is 0 Å². The fraction of sp³-hybridized carbons (Fsp3) is 0.600. The monoisotopic (exact) mass is 389 g/mol. The van der Waals surface area contributed by atoms with Gasteiger partial charge in [-0.1, -0.05) is 22.9 Å². The van der Waals surface area contributed by atoms with Crippen LogP contribution in [-0.4, -0.2) is 11.7 Å². The zero-order valence-electron chi connectivity index (χ0n) is 14.1. The molecular formula is C20H24BrNO2. The number of benzene rings is 1. The van der Waals surface area contributed by atoms with Crippen LogP contribution in [0.2, 0.25) is 0 Å². The van der Waals surface area contributed by atoms with Crippen molar-refractivity contribution in [1.29, 1.82) is 0 Å². The van der Waals surface area contributed by atoms with E-state index in [0.29, 0.717) is 29.5 Å². The second kappa shape index (κ2) is 5.98. The second-order valence-corrected chi connectivity index (χ2v) is 8.70. The van der Waals surface area contributed by atoms with Gasteiger partial charge in [0, 0.05) is 22.5 Å². The Morgan fingerprint density at radius 3 is 2.33 bits per heavy atom. The minimum atomic E-state index is -0.117. The summed E-state index contributed by atoms with van der Waals surface area (Å²) >= 11 is 3.42. The van der Waals surface area contributed by atoms with Crippen molar-refractivity contribution in [2.24, 2.45) is 29.1 Å². The standard InChI is InChI=1S/C20H24BrNO2/c1-2-3-16(23)17-14-8-9-15(20(14)10-11-20)18(17)19(24)22-13-6-4-12(21)5-7-13/h4-7,14-15,17-18H,2-3,8-11H2,1H3,(H,22,24). The zero-order chi connectivity index (χ0) is 16.9. The van der Waals surface area contributed by atoms with Crippen LogP contribution < -0.4 is 5.32 Å². The lowest BCUT2D eigenvalue weighted by Crippen LogP contribution is -2.37. The van der Waals surface area contributed by atoms with Crippen LogP contribution >= 0.6 is 15.9 Å². The summed E-state index contributed by atoms with van der Waals surface area (Å²) in [6.45, 7) is 2.05.